The lowest BCUT2D eigenvalue weighted by Gasteiger charge is -2.31. The number of ether oxygens (including phenoxy) is 2. The van der Waals surface area contributed by atoms with Crippen molar-refractivity contribution in [2.45, 2.75) is 31.0 Å². The van der Waals surface area contributed by atoms with Gasteiger partial charge in [-0.15, -0.1) is 0 Å². The number of hydrogen-bond acceptors (Lipinski definition) is 5. The highest BCUT2D eigenvalue weighted by atomic mass is 16.5. The summed E-state index contributed by atoms with van der Waals surface area (Å²) in [6.07, 6.45) is 0.513. The normalized spacial score (nSPS) is 21.6. The van der Waals surface area contributed by atoms with Gasteiger partial charge < -0.3 is 19.5 Å². The molecule has 0 aliphatic carbocycles. The van der Waals surface area contributed by atoms with Gasteiger partial charge in [0.05, 0.1) is 6.61 Å². The van der Waals surface area contributed by atoms with Crippen molar-refractivity contribution in [3.8, 4) is 5.75 Å². The van der Waals surface area contributed by atoms with E-state index in [4.69, 9.17) is 19.6 Å². The van der Waals surface area contributed by atoms with Gasteiger partial charge in [0.1, 0.15) is 5.75 Å². The second-order valence-electron chi connectivity index (χ2n) is 8.81. The average molecular weight is 457 g/mol. The number of nitrogens with zero attached hydrogens (tertiary/aromatic N) is 2. The molecule has 0 fully saturated rings. The molecule has 2 aliphatic heterocycles. The SMILES string of the molecule is CN1Cc2ccccc2C[C@]2(N=C(c3ccc(OCCCO)cc3)O[C@@H]2c2ccccc2)C1=O. The van der Waals surface area contributed by atoms with Gasteiger partial charge in [-0.25, -0.2) is 4.99 Å². The Morgan fingerprint density at radius 3 is 2.47 bits per heavy atom. The van der Waals surface area contributed by atoms with E-state index in [0.717, 1.165) is 22.3 Å². The maximum atomic E-state index is 13.9. The van der Waals surface area contributed by atoms with Gasteiger partial charge in [0.2, 0.25) is 5.90 Å². The quantitative estimate of drug-likeness (QED) is 0.571. The monoisotopic (exact) mass is 456 g/mol. The van der Waals surface area contributed by atoms with E-state index in [9.17, 15) is 4.79 Å². The maximum Gasteiger partial charge on any atom is 0.255 e. The van der Waals surface area contributed by atoms with Gasteiger partial charge in [-0.2, -0.15) is 0 Å². The van der Waals surface area contributed by atoms with Gasteiger partial charge >= 0.3 is 0 Å². The van der Waals surface area contributed by atoms with E-state index in [1.807, 2.05) is 73.8 Å². The van der Waals surface area contributed by atoms with Gasteiger partial charge in [-0.05, 0) is 41.0 Å². The molecule has 0 aromatic heterocycles. The van der Waals surface area contributed by atoms with Gasteiger partial charge in [-0.1, -0.05) is 54.6 Å². The minimum absolute atomic E-state index is 0.0449. The van der Waals surface area contributed by atoms with Crippen LogP contribution in [-0.2, 0) is 22.5 Å². The number of carbonyl (C=O) groups is 1. The second-order valence-corrected chi connectivity index (χ2v) is 8.81. The Morgan fingerprint density at radius 1 is 1.03 bits per heavy atom. The van der Waals surface area contributed by atoms with Crippen molar-refractivity contribution in [2.24, 2.45) is 4.99 Å². The Hall–Kier alpha value is -3.64. The third-order valence-corrected chi connectivity index (χ3v) is 6.44. The van der Waals surface area contributed by atoms with E-state index in [-0.39, 0.29) is 12.5 Å². The topological polar surface area (TPSA) is 71.4 Å². The van der Waals surface area contributed by atoms with Crippen molar-refractivity contribution in [1.82, 2.24) is 4.90 Å². The predicted molar refractivity (Wildman–Crippen MR) is 130 cm³/mol. The molecule has 3 aromatic carbocycles. The van der Waals surface area contributed by atoms with Crippen LogP contribution >= 0.6 is 0 Å². The molecule has 1 amide bonds. The summed E-state index contributed by atoms with van der Waals surface area (Å²) in [7, 11) is 1.83. The first kappa shape index (κ1) is 22.2. The van der Waals surface area contributed by atoms with Crippen LogP contribution < -0.4 is 4.74 Å². The van der Waals surface area contributed by atoms with E-state index < -0.39 is 11.6 Å². The summed E-state index contributed by atoms with van der Waals surface area (Å²) in [5.41, 5.74) is 2.87. The number of benzene rings is 3. The second kappa shape index (κ2) is 9.31. The van der Waals surface area contributed by atoms with Gasteiger partial charge in [0, 0.05) is 38.6 Å². The van der Waals surface area contributed by atoms with Crippen LogP contribution in [0.4, 0.5) is 0 Å². The lowest BCUT2D eigenvalue weighted by Crippen LogP contribution is -2.48. The zero-order chi connectivity index (χ0) is 23.5. The molecule has 2 aliphatic rings. The highest BCUT2D eigenvalue weighted by Crippen LogP contribution is 2.45. The Kier molecular flexibility index (Phi) is 6.07. The van der Waals surface area contributed by atoms with Crippen molar-refractivity contribution in [3.63, 3.8) is 0 Å². The van der Waals surface area contributed by atoms with Crippen LogP contribution in [0.25, 0.3) is 0 Å². The van der Waals surface area contributed by atoms with Crippen molar-refractivity contribution < 1.29 is 19.4 Å². The summed E-state index contributed by atoms with van der Waals surface area (Å²) in [6, 6.07) is 25.5. The summed E-state index contributed by atoms with van der Waals surface area (Å²) in [6.45, 7) is 1.09. The van der Waals surface area contributed by atoms with Crippen LogP contribution in [0.15, 0.2) is 83.9 Å². The Bertz CT molecular complexity index is 1190. The van der Waals surface area contributed by atoms with Crippen LogP contribution in [0.3, 0.4) is 0 Å². The Labute approximate surface area is 199 Å². The van der Waals surface area contributed by atoms with E-state index in [1.165, 1.54) is 0 Å². The summed E-state index contributed by atoms with van der Waals surface area (Å²) >= 11 is 0. The summed E-state index contributed by atoms with van der Waals surface area (Å²) in [5.74, 6) is 1.12. The first-order valence-corrected chi connectivity index (χ1v) is 11.6. The highest BCUT2D eigenvalue weighted by molar-refractivity contribution is 6.01. The molecule has 0 saturated heterocycles. The molecule has 0 unspecified atom stereocenters. The third-order valence-electron chi connectivity index (χ3n) is 6.44. The molecule has 0 saturated carbocycles. The minimum Gasteiger partial charge on any atom is -0.494 e. The van der Waals surface area contributed by atoms with Gasteiger partial charge in [-0.3, -0.25) is 4.79 Å². The number of aliphatic hydroxyl groups is 1. The summed E-state index contributed by atoms with van der Waals surface area (Å²) in [4.78, 5) is 20.7. The first-order valence-electron chi connectivity index (χ1n) is 11.6. The van der Waals surface area contributed by atoms with Crippen LogP contribution in [0.1, 0.15) is 34.8 Å². The molecule has 1 N–H and O–H groups in total. The fourth-order valence-electron chi connectivity index (χ4n) is 4.73. The lowest BCUT2D eigenvalue weighted by atomic mass is 9.82. The Balaban J connectivity index is 1.56. The number of hydrogen-bond donors (Lipinski definition) is 1. The maximum absolute atomic E-state index is 13.9. The van der Waals surface area contributed by atoms with Crippen molar-refractivity contribution in [2.75, 3.05) is 20.3 Å². The van der Waals surface area contributed by atoms with Gasteiger partial charge in [0.25, 0.3) is 5.91 Å². The summed E-state index contributed by atoms with van der Waals surface area (Å²) < 4.78 is 12.1. The van der Waals surface area contributed by atoms with Crippen molar-refractivity contribution >= 4 is 11.8 Å². The first-order chi connectivity index (χ1) is 16.6. The number of amides is 1. The molecule has 6 heteroatoms. The highest BCUT2D eigenvalue weighted by Gasteiger charge is 2.55. The van der Waals surface area contributed by atoms with Crippen molar-refractivity contribution in [1.29, 1.82) is 0 Å². The van der Waals surface area contributed by atoms with Crippen LogP contribution in [0, 0.1) is 0 Å². The lowest BCUT2D eigenvalue weighted by molar-refractivity contribution is -0.138. The molecule has 34 heavy (non-hydrogen) atoms. The standard InChI is InChI=1S/C28H28N2O4/c1-30-19-23-11-6-5-10-22(23)18-28(27(30)32)25(20-8-3-2-4-9-20)34-26(29-28)21-12-14-24(15-13-21)33-17-7-16-31/h2-6,8-15,25,31H,7,16-19H2,1H3/t25-,28-/m1/s1. The zero-order valence-electron chi connectivity index (χ0n) is 19.2. The molecule has 1 spiro atoms. The molecule has 2 atom stereocenters. The molecule has 6 nitrogen and oxygen atoms in total. The largest absolute Gasteiger partial charge is 0.494 e. The molecule has 2 heterocycles. The molecule has 0 bridgehead atoms. The van der Waals surface area contributed by atoms with E-state index in [2.05, 4.69) is 12.1 Å². The number of carbonyl (C=O) groups excluding carboxylic acids is 1. The van der Waals surface area contributed by atoms with Crippen LogP contribution in [-0.4, -0.2) is 47.6 Å². The smallest absolute Gasteiger partial charge is 0.255 e. The number of fused-ring (bicyclic) bond motifs is 1. The fraction of sp³-hybridized carbons (Fsp3) is 0.286. The molecule has 0 radical (unpaired) electrons. The predicted octanol–water partition coefficient (Wildman–Crippen LogP) is 3.92. The number of rotatable bonds is 6. The number of aliphatic imine (C=N–C) groups is 1. The molecular formula is C28H28N2O4. The van der Waals surface area contributed by atoms with Crippen LogP contribution in [0.2, 0.25) is 0 Å². The Morgan fingerprint density at radius 2 is 1.74 bits per heavy atom. The molecular weight excluding hydrogens is 428 g/mol. The minimum atomic E-state index is -1.09. The van der Waals surface area contributed by atoms with E-state index in [0.29, 0.717) is 37.6 Å². The molecule has 5 rings (SSSR count). The number of likely N-dealkylation sites (N-methyl/N-ethyl adjacent to an activating group) is 1. The molecule has 3 aromatic rings. The average Bonchev–Trinajstić information content (AvgIpc) is 3.21. The van der Waals surface area contributed by atoms with Gasteiger partial charge in [0.15, 0.2) is 11.6 Å². The summed E-state index contributed by atoms with van der Waals surface area (Å²) in [5, 5.41) is 8.95. The molecule has 174 valence electrons. The number of aliphatic hydroxyl groups excluding tert-OH is 1. The third kappa shape index (κ3) is 4.05. The zero-order valence-corrected chi connectivity index (χ0v) is 19.2. The fourth-order valence-corrected chi connectivity index (χ4v) is 4.73. The van der Waals surface area contributed by atoms with E-state index in [1.54, 1.807) is 4.90 Å². The van der Waals surface area contributed by atoms with Crippen LogP contribution in [0.5, 0.6) is 5.75 Å². The van der Waals surface area contributed by atoms with E-state index >= 15 is 0 Å². The van der Waals surface area contributed by atoms with Crippen molar-refractivity contribution in [3.05, 3.63) is 101 Å².